The van der Waals surface area contributed by atoms with Crippen LogP contribution in [0.2, 0.25) is 0 Å². The first-order chi connectivity index (χ1) is 12.2. The number of nitrogens with one attached hydrogen (secondary N) is 1. The van der Waals surface area contributed by atoms with E-state index in [2.05, 4.69) is 21.5 Å². The smallest absolute Gasteiger partial charge is 0.246 e. The molecule has 25 heavy (non-hydrogen) atoms. The summed E-state index contributed by atoms with van der Waals surface area (Å²) in [6.45, 7) is 2.14. The highest BCUT2D eigenvalue weighted by Gasteiger charge is 2.08. The number of amides is 1. The molecule has 2 heterocycles. The molecule has 0 aliphatic rings. The molecule has 0 saturated carbocycles. The Hall–Kier alpha value is -2.99. The number of para-hydroxylation sites is 1. The predicted molar refractivity (Wildman–Crippen MR) is 101 cm³/mol. The van der Waals surface area contributed by atoms with Crippen LogP contribution >= 0.6 is 11.3 Å². The van der Waals surface area contributed by atoms with Crippen molar-refractivity contribution in [2.75, 3.05) is 5.32 Å². The third-order valence-electron chi connectivity index (χ3n) is 3.76. The Balaban J connectivity index is 1.53. The van der Waals surface area contributed by atoms with Gasteiger partial charge >= 0.3 is 0 Å². The largest absolute Gasteiger partial charge is 0.324 e. The lowest BCUT2D eigenvalue weighted by molar-refractivity contribution is -0.116. The standard InChI is InChI=1S/C19H16N4OS/c1-13-10-20-23(11-13)12-18(24)21-15-6-4-5-14(9-15)19-22-16-7-2-3-8-17(16)25-19/h2-11H,12H2,1H3,(H,21,24). The molecule has 2 aromatic carbocycles. The minimum atomic E-state index is -0.107. The molecule has 4 aromatic rings. The number of aromatic nitrogens is 3. The summed E-state index contributed by atoms with van der Waals surface area (Å²) in [6, 6.07) is 15.8. The first kappa shape index (κ1) is 15.5. The molecule has 0 radical (unpaired) electrons. The number of rotatable bonds is 4. The van der Waals surface area contributed by atoms with Crippen molar-refractivity contribution in [1.82, 2.24) is 14.8 Å². The highest BCUT2D eigenvalue weighted by atomic mass is 32.1. The minimum absolute atomic E-state index is 0.107. The Morgan fingerprint density at radius 2 is 2.08 bits per heavy atom. The zero-order valence-electron chi connectivity index (χ0n) is 13.6. The number of hydrogen-bond acceptors (Lipinski definition) is 4. The highest BCUT2D eigenvalue weighted by molar-refractivity contribution is 7.21. The van der Waals surface area contributed by atoms with E-state index in [1.807, 2.05) is 55.6 Å². The first-order valence-electron chi connectivity index (χ1n) is 7.92. The molecule has 0 spiro atoms. The molecule has 124 valence electrons. The average Bonchev–Trinajstić information content (AvgIpc) is 3.21. The van der Waals surface area contributed by atoms with Crippen LogP contribution in [0.3, 0.4) is 0 Å². The van der Waals surface area contributed by atoms with Crippen LogP contribution in [0.25, 0.3) is 20.8 Å². The fraction of sp³-hybridized carbons (Fsp3) is 0.105. The van der Waals surface area contributed by atoms with Gasteiger partial charge in [-0.25, -0.2) is 4.98 Å². The number of anilines is 1. The van der Waals surface area contributed by atoms with Crippen molar-refractivity contribution in [1.29, 1.82) is 0 Å². The first-order valence-corrected chi connectivity index (χ1v) is 8.74. The Labute approximate surface area is 149 Å². The van der Waals surface area contributed by atoms with Gasteiger partial charge in [0.25, 0.3) is 0 Å². The van der Waals surface area contributed by atoms with Crippen LogP contribution in [0.1, 0.15) is 5.56 Å². The van der Waals surface area contributed by atoms with E-state index in [0.717, 1.165) is 32.0 Å². The maximum atomic E-state index is 12.2. The predicted octanol–water partition coefficient (Wildman–Crippen LogP) is 4.11. The Morgan fingerprint density at radius 1 is 1.20 bits per heavy atom. The van der Waals surface area contributed by atoms with Gasteiger partial charge in [0.15, 0.2) is 0 Å². The quantitative estimate of drug-likeness (QED) is 0.604. The van der Waals surface area contributed by atoms with Crippen molar-refractivity contribution in [3.8, 4) is 10.6 Å². The summed E-state index contributed by atoms with van der Waals surface area (Å²) < 4.78 is 2.78. The minimum Gasteiger partial charge on any atom is -0.324 e. The lowest BCUT2D eigenvalue weighted by Gasteiger charge is -2.06. The van der Waals surface area contributed by atoms with Crippen LogP contribution in [0.5, 0.6) is 0 Å². The van der Waals surface area contributed by atoms with Gasteiger partial charge in [0.2, 0.25) is 5.91 Å². The molecule has 1 amide bonds. The SMILES string of the molecule is Cc1cnn(CC(=O)Nc2cccc(-c3nc4ccccc4s3)c2)c1. The molecule has 0 aliphatic heterocycles. The van der Waals surface area contributed by atoms with Crippen molar-refractivity contribution >= 4 is 33.1 Å². The van der Waals surface area contributed by atoms with Gasteiger partial charge in [0.1, 0.15) is 11.6 Å². The van der Waals surface area contributed by atoms with Crippen LogP contribution in [-0.4, -0.2) is 20.7 Å². The Morgan fingerprint density at radius 3 is 2.88 bits per heavy atom. The number of benzene rings is 2. The summed E-state index contributed by atoms with van der Waals surface area (Å²) in [6.07, 6.45) is 3.58. The zero-order valence-corrected chi connectivity index (χ0v) is 14.5. The second-order valence-corrected chi connectivity index (χ2v) is 6.86. The molecule has 1 N–H and O–H groups in total. The fourth-order valence-corrected chi connectivity index (χ4v) is 3.59. The molecule has 0 unspecified atom stereocenters. The molecular formula is C19H16N4OS. The molecule has 0 aliphatic carbocycles. The van der Waals surface area contributed by atoms with E-state index in [0.29, 0.717) is 0 Å². The summed E-state index contributed by atoms with van der Waals surface area (Å²) in [5.74, 6) is -0.107. The number of aryl methyl sites for hydroxylation is 1. The van der Waals surface area contributed by atoms with Crippen molar-refractivity contribution in [3.05, 3.63) is 66.5 Å². The molecule has 0 fully saturated rings. The van der Waals surface area contributed by atoms with Gasteiger partial charge in [-0.05, 0) is 36.8 Å². The zero-order chi connectivity index (χ0) is 17.2. The molecular weight excluding hydrogens is 332 g/mol. The van der Waals surface area contributed by atoms with Gasteiger partial charge in [-0.2, -0.15) is 5.10 Å². The third-order valence-corrected chi connectivity index (χ3v) is 4.84. The highest BCUT2D eigenvalue weighted by Crippen LogP contribution is 2.31. The fourth-order valence-electron chi connectivity index (χ4n) is 2.63. The van der Waals surface area contributed by atoms with E-state index < -0.39 is 0 Å². The van der Waals surface area contributed by atoms with Crippen LogP contribution < -0.4 is 5.32 Å². The van der Waals surface area contributed by atoms with Gasteiger partial charge < -0.3 is 5.32 Å². The van der Waals surface area contributed by atoms with Crippen molar-refractivity contribution in [3.63, 3.8) is 0 Å². The van der Waals surface area contributed by atoms with Gasteiger partial charge in [-0.15, -0.1) is 11.3 Å². The molecule has 4 rings (SSSR count). The van der Waals surface area contributed by atoms with Crippen LogP contribution in [0, 0.1) is 6.92 Å². The summed E-state index contributed by atoms with van der Waals surface area (Å²) in [5, 5.41) is 8.00. The number of carbonyl (C=O) groups is 1. The molecule has 0 atom stereocenters. The van der Waals surface area contributed by atoms with Crippen molar-refractivity contribution < 1.29 is 4.79 Å². The molecule has 2 aromatic heterocycles. The number of hydrogen-bond donors (Lipinski definition) is 1. The number of thiazole rings is 1. The van der Waals surface area contributed by atoms with E-state index >= 15 is 0 Å². The van der Waals surface area contributed by atoms with E-state index in [-0.39, 0.29) is 12.5 Å². The Bertz CT molecular complexity index is 1020. The van der Waals surface area contributed by atoms with Gasteiger partial charge in [0.05, 0.1) is 16.4 Å². The van der Waals surface area contributed by atoms with Crippen LogP contribution in [0.4, 0.5) is 5.69 Å². The topological polar surface area (TPSA) is 59.8 Å². The van der Waals surface area contributed by atoms with Crippen LogP contribution in [-0.2, 0) is 11.3 Å². The molecule has 0 saturated heterocycles. The molecule has 0 bridgehead atoms. The molecule has 5 nitrogen and oxygen atoms in total. The maximum absolute atomic E-state index is 12.2. The van der Waals surface area contributed by atoms with Gasteiger partial charge in [-0.1, -0.05) is 24.3 Å². The summed E-state index contributed by atoms with van der Waals surface area (Å²) in [7, 11) is 0. The monoisotopic (exact) mass is 348 g/mol. The summed E-state index contributed by atoms with van der Waals surface area (Å²) >= 11 is 1.65. The van der Waals surface area contributed by atoms with Gasteiger partial charge in [-0.3, -0.25) is 9.48 Å². The van der Waals surface area contributed by atoms with E-state index in [1.54, 1.807) is 22.2 Å². The normalized spacial score (nSPS) is 10.9. The average molecular weight is 348 g/mol. The molecule has 6 heteroatoms. The van der Waals surface area contributed by atoms with Crippen LogP contribution in [0.15, 0.2) is 60.9 Å². The van der Waals surface area contributed by atoms with Crippen molar-refractivity contribution in [2.45, 2.75) is 13.5 Å². The lowest BCUT2D eigenvalue weighted by Crippen LogP contribution is -2.18. The second kappa shape index (κ2) is 6.49. The maximum Gasteiger partial charge on any atom is 0.246 e. The second-order valence-electron chi connectivity index (χ2n) is 5.83. The third kappa shape index (κ3) is 3.44. The number of nitrogens with zero attached hydrogens (tertiary/aromatic N) is 3. The Kier molecular flexibility index (Phi) is 4.03. The summed E-state index contributed by atoms with van der Waals surface area (Å²) in [4.78, 5) is 16.9. The number of carbonyl (C=O) groups excluding carboxylic acids is 1. The number of fused-ring (bicyclic) bond motifs is 1. The van der Waals surface area contributed by atoms with Crippen molar-refractivity contribution in [2.24, 2.45) is 0 Å². The van der Waals surface area contributed by atoms with E-state index in [1.165, 1.54) is 0 Å². The summed E-state index contributed by atoms with van der Waals surface area (Å²) in [5.41, 5.74) is 3.77. The lowest BCUT2D eigenvalue weighted by atomic mass is 10.2. The van der Waals surface area contributed by atoms with E-state index in [4.69, 9.17) is 0 Å². The van der Waals surface area contributed by atoms with Gasteiger partial charge in [0, 0.05) is 17.4 Å². The van der Waals surface area contributed by atoms with E-state index in [9.17, 15) is 4.79 Å².